The van der Waals surface area contributed by atoms with Gasteiger partial charge in [-0.3, -0.25) is 14.5 Å². The Balaban J connectivity index is 1.61. The van der Waals surface area contributed by atoms with Crippen LogP contribution in [0.4, 0.5) is 0 Å². The fraction of sp³-hybridized carbons (Fsp3) is 0.364. The van der Waals surface area contributed by atoms with E-state index in [1.807, 2.05) is 12.1 Å². The Bertz CT molecular complexity index is 885. The van der Waals surface area contributed by atoms with Gasteiger partial charge in [0, 0.05) is 6.54 Å². The predicted octanol–water partition coefficient (Wildman–Crippen LogP) is 6.22. The number of carbonyl (C=O) groups excluding carboxylic acids is 2. The van der Waals surface area contributed by atoms with E-state index in [0.29, 0.717) is 38.9 Å². The van der Waals surface area contributed by atoms with Crippen LogP contribution in [0.25, 0.3) is 21.3 Å². The van der Waals surface area contributed by atoms with Crippen LogP contribution in [-0.2, 0) is 0 Å². The van der Waals surface area contributed by atoms with E-state index in [0.717, 1.165) is 19.3 Å². The van der Waals surface area contributed by atoms with Gasteiger partial charge in [-0.1, -0.05) is 39.0 Å². The molecule has 6 heteroatoms. The van der Waals surface area contributed by atoms with Gasteiger partial charge in [0.25, 0.3) is 11.8 Å². The number of imide groups is 1. The first kappa shape index (κ1) is 18.7. The average molecular weight is 397 g/mol. The summed E-state index contributed by atoms with van der Waals surface area (Å²) in [6.45, 7) is 2.64. The summed E-state index contributed by atoms with van der Waals surface area (Å²) in [5.41, 5.74) is 0.893. The number of hydrogen-bond acceptors (Lipinski definition) is 5. The van der Waals surface area contributed by atoms with Gasteiger partial charge in [-0.15, -0.1) is 11.3 Å². The number of amides is 2. The standard InChI is InChI=1S/C22H23NO4S/c1-2-3-4-5-6-7-12-23-21(24)17-18(22(23)25)20(16-11-9-14-27-16)28-19(17)15-10-8-13-26-15/h8-11,13-14H,2-7,12H2,1H3. The van der Waals surface area contributed by atoms with Crippen molar-refractivity contribution in [1.82, 2.24) is 4.90 Å². The number of furan rings is 2. The maximum atomic E-state index is 13.1. The van der Waals surface area contributed by atoms with Gasteiger partial charge in [0.2, 0.25) is 0 Å². The van der Waals surface area contributed by atoms with Gasteiger partial charge in [-0.05, 0) is 30.7 Å². The Labute approximate surface area is 168 Å². The second kappa shape index (κ2) is 8.19. The van der Waals surface area contributed by atoms with Crippen LogP contribution < -0.4 is 0 Å². The van der Waals surface area contributed by atoms with E-state index in [1.54, 1.807) is 24.7 Å². The quantitative estimate of drug-likeness (QED) is 0.317. The van der Waals surface area contributed by atoms with Gasteiger partial charge in [0.15, 0.2) is 0 Å². The minimum atomic E-state index is -0.228. The Morgan fingerprint density at radius 2 is 1.36 bits per heavy atom. The van der Waals surface area contributed by atoms with E-state index in [2.05, 4.69) is 6.92 Å². The van der Waals surface area contributed by atoms with Crippen molar-refractivity contribution in [2.75, 3.05) is 6.54 Å². The first-order chi connectivity index (χ1) is 13.7. The molecule has 0 unspecified atom stereocenters. The Morgan fingerprint density at radius 1 is 0.821 bits per heavy atom. The van der Waals surface area contributed by atoms with E-state index in [9.17, 15) is 9.59 Å². The molecule has 0 aromatic carbocycles. The molecule has 0 fully saturated rings. The van der Waals surface area contributed by atoms with Crippen LogP contribution in [0.3, 0.4) is 0 Å². The number of rotatable bonds is 9. The van der Waals surface area contributed by atoms with E-state index < -0.39 is 0 Å². The molecule has 28 heavy (non-hydrogen) atoms. The van der Waals surface area contributed by atoms with Crippen LogP contribution in [0.5, 0.6) is 0 Å². The summed E-state index contributed by atoms with van der Waals surface area (Å²) in [6.07, 6.45) is 9.79. The summed E-state index contributed by atoms with van der Waals surface area (Å²) < 4.78 is 11.1. The summed E-state index contributed by atoms with van der Waals surface area (Å²) >= 11 is 1.37. The topological polar surface area (TPSA) is 63.7 Å². The number of nitrogens with zero attached hydrogens (tertiary/aromatic N) is 1. The number of unbranched alkanes of at least 4 members (excludes halogenated alkanes) is 5. The van der Waals surface area contributed by atoms with Gasteiger partial charge in [-0.25, -0.2) is 0 Å². The van der Waals surface area contributed by atoms with Crippen molar-refractivity contribution >= 4 is 23.2 Å². The largest absolute Gasteiger partial charge is 0.463 e. The zero-order chi connectivity index (χ0) is 19.5. The molecule has 5 nitrogen and oxygen atoms in total. The second-order valence-electron chi connectivity index (χ2n) is 6.99. The molecule has 4 heterocycles. The summed E-state index contributed by atoms with van der Waals surface area (Å²) in [7, 11) is 0. The lowest BCUT2D eigenvalue weighted by atomic mass is 10.1. The van der Waals surface area contributed by atoms with Crippen LogP contribution in [-0.4, -0.2) is 23.3 Å². The fourth-order valence-corrected chi connectivity index (χ4v) is 4.84. The van der Waals surface area contributed by atoms with Crippen molar-refractivity contribution in [2.24, 2.45) is 0 Å². The summed E-state index contributed by atoms with van der Waals surface area (Å²) in [6, 6.07) is 7.19. The van der Waals surface area contributed by atoms with Crippen molar-refractivity contribution in [3.8, 4) is 21.3 Å². The highest BCUT2D eigenvalue weighted by molar-refractivity contribution is 7.19. The molecule has 0 N–H and O–H groups in total. The lowest BCUT2D eigenvalue weighted by molar-refractivity contribution is 0.0651. The monoisotopic (exact) mass is 397 g/mol. The van der Waals surface area contributed by atoms with Crippen LogP contribution >= 0.6 is 11.3 Å². The highest BCUT2D eigenvalue weighted by Crippen LogP contribution is 2.46. The highest BCUT2D eigenvalue weighted by Gasteiger charge is 2.42. The summed E-state index contributed by atoms with van der Waals surface area (Å²) in [4.78, 5) is 29.0. The van der Waals surface area contributed by atoms with Crippen molar-refractivity contribution in [3.05, 3.63) is 47.9 Å². The molecule has 0 aliphatic carbocycles. The molecule has 0 radical (unpaired) electrons. The maximum absolute atomic E-state index is 13.1. The zero-order valence-electron chi connectivity index (χ0n) is 15.9. The Morgan fingerprint density at radius 3 is 1.86 bits per heavy atom. The normalized spacial score (nSPS) is 13.5. The van der Waals surface area contributed by atoms with Crippen LogP contribution in [0.1, 0.15) is 66.2 Å². The molecule has 2 amide bonds. The van der Waals surface area contributed by atoms with Crippen molar-refractivity contribution in [1.29, 1.82) is 0 Å². The second-order valence-corrected chi connectivity index (χ2v) is 8.02. The number of thiophene rings is 1. The first-order valence-electron chi connectivity index (χ1n) is 9.83. The maximum Gasteiger partial charge on any atom is 0.263 e. The van der Waals surface area contributed by atoms with Gasteiger partial charge >= 0.3 is 0 Å². The van der Waals surface area contributed by atoms with Crippen LogP contribution in [0, 0.1) is 0 Å². The van der Waals surface area contributed by atoms with Crippen LogP contribution in [0.2, 0.25) is 0 Å². The molecule has 146 valence electrons. The number of fused-ring (bicyclic) bond motifs is 1. The third kappa shape index (κ3) is 3.33. The van der Waals surface area contributed by atoms with Crippen LogP contribution in [0.15, 0.2) is 45.6 Å². The predicted molar refractivity (Wildman–Crippen MR) is 108 cm³/mol. The number of hydrogen-bond donors (Lipinski definition) is 0. The molecule has 0 saturated carbocycles. The average Bonchev–Trinajstić information content (AvgIpc) is 3.47. The molecule has 0 spiro atoms. The molecule has 1 aliphatic heterocycles. The lowest BCUT2D eigenvalue weighted by Gasteiger charge is -2.14. The zero-order valence-corrected chi connectivity index (χ0v) is 16.7. The number of carbonyl (C=O) groups is 2. The minimum absolute atomic E-state index is 0.228. The van der Waals surface area contributed by atoms with Crippen molar-refractivity contribution < 1.29 is 18.4 Å². The van der Waals surface area contributed by atoms with E-state index in [1.165, 1.54) is 35.5 Å². The van der Waals surface area contributed by atoms with Gasteiger partial charge < -0.3 is 8.83 Å². The van der Waals surface area contributed by atoms with Gasteiger partial charge in [0.05, 0.1) is 33.4 Å². The first-order valence-corrected chi connectivity index (χ1v) is 10.6. The smallest absolute Gasteiger partial charge is 0.263 e. The SMILES string of the molecule is CCCCCCCCN1C(=O)c2c(-c3ccco3)sc(-c3ccco3)c2C1=O. The molecule has 4 rings (SSSR count). The Hall–Kier alpha value is -2.60. The minimum Gasteiger partial charge on any atom is -0.463 e. The summed E-state index contributed by atoms with van der Waals surface area (Å²) in [5.74, 6) is 0.742. The molecular formula is C22H23NO4S. The van der Waals surface area contributed by atoms with E-state index >= 15 is 0 Å². The molecule has 1 aliphatic rings. The van der Waals surface area contributed by atoms with Crippen molar-refractivity contribution in [3.63, 3.8) is 0 Å². The molecule has 3 aromatic rings. The fourth-order valence-electron chi connectivity index (χ4n) is 3.62. The van der Waals surface area contributed by atoms with Gasteiger partial charge in [0.1, 0.15) is 11.5 Å². The molecule has 3 aromatic heterocycles. The molecule has 0 atom stereocenters. The molecule has 0 saturated heterocycles. The Kier molecular flexibility index (Phi) is 5.48. The lowest BCUT2D eigenvalue weighted by Crippen LogP contribution is -2.31. The molecule has 0 bridgehead atoms. The van der Waals surface area contributed by atoms with E-state index in [-0.39, 0.29) is 11.8 Å². The molecular weight excluding hydrogens is 374 g/mol. The van der Waals surface area contributed by atoms with Gasteiger partial charge in [-0.2, -0.15) is 0 Å². The van der Waals surface area contributed by atoms with Crippen molar-refractivity contribution in [2.45, 2.75) is 45.4 Å². The van der Waals surface area contributed by atoms with E-state index in [4.69, 9.17) is 8.83 Å². The third-order valence-electron chi connectivity index (χ3n) is 5.05. The third-order valence-corrected chi connectivity index (χ3v) is 6.27. The summed E-state index contributed by atoms with van der Waals surface area (Å²) in [5, 5.41) is 0. The highest BCUT2D eigenvalue weighted by atomic mass is 32.1.